The van der Waals surface area contributed by atoms with Gasteiger partial charge in [-0.15, -0.1) is 0 Å². The van der Waals surface area contributed by atoms with Crippen molar-refractivity contribution in [2.45, 2.75) is 0 Å². The SMILES string of the molecule is [In].[K].[Na].[Sn]. The van der Waals surface area contributed by atoms with Crippen LogP contribution < -0.4 is 0 Å². The standard InChI is InChI=1S/In.K.Na.Sn. The fraction of sp³-hybridized carbons (Fsp3) is 0. The van der Waals surface area contributed by atoms with E-state index in [0.717, 1.165) is 0 Å². The van der Waals surface area contributed by atoms with Gasteiger partial charge in [-0.05, 0) is 0 Å². The molecule has 9 valence electrons. The molecule has 0 saturated heterocycles. The Morgan fingerprint density at radius 1 is 1.00 bits per heavy atom. The van der Waals surface area contributed by atoms with Crippen LogP contribution in [0.1, 0.15) is 0 Å². The minimum atomic E-state index is 0. The van der Waals surface area contributed by atoms with Crippen molar-refractivity contribution < 1.29 is 0 Å². The molecule has 0 fully saturated rings. The summed E-state index contributed by atoms with van der Waals surface area (Å²) in [6.45, 7) is 0. The van der Waals surface area contributed by atoms with E-state index in [9.17, 15) is 0 Å². The Morgan fingerprint density at radius 3 is 1.00 bits per heavy atom. The number of rotatable bonds is 0. The number of hydrogen-bond acceptors (Lipinski definition) is 0. The summed E-state index contributed by atoms with van der Waals surface area (Å²) >= 11 is 0. The molecular formula is InKNaSn. The third-order valence-electron chi connectivity index (χ3n) is 0. The van der Waals surface area contributed by atoms with Crippen molar-refractivity contribution in [1.29, 1.82) is 0 Å². The Hall–Kier alpha value is 4.31. The van der Waals surface area contributed by atoms with Crippen LogP contribution in [0.2, 0.25) is 0 Å². The second kappa shape index (κ2) is 15.7. The van der Waals surface area contributed by atoms with Crippen molar-refractivity contribution in [1.82, 2.24) is 0 Å². The van der Waals surface area contributed by atoms with E-state index < -0.39 is 0 Å². The molecule has 0 amide bonds. The van der Waals surface area contributed by atoms with Crippen LogP contribution >= 0.6 is 0 Å². The Morgan fingerprint density at radius 2 is 1.00 bits per heavy atom. The summed E-state index contributed by atoms with van der Waals surface area (Å²) in [6.07, 6.45) is 0. The van der Waals surface area contributed by atoms with Gasteiger partial charge in [0, 0.05) is 131 Å². The molecule has 0 aliphatic heterocycles. The van der Waals surface area contributed by atoms with Crippen molar-refractivity contribution in [2.75, 3.05) is 0 Å². The van der Waals surface area contributed by atoms with E-state index >= 15 is 0 Å². The van der Waals surface area contributed by atoms with Gasteiger partial charge in [-0.2, -0.15) is 0 Å². The van der Waals surface area contributed by atoms with E-state index in [1.54, 1.807) is 0 Å². The van der Waals surface area contributed by atoms with Crippen LogP contribution in [0.25, 0.3) is 0 Å². The minimum absolute atomic E-state index is 0. The van der Waals surface area contributed by atoms with Gasteiger partial charge < -0.3 is 0 Å². The summed E-state index contributed by atoms with van der Waals surface area (Å²) < 4.78 is 0. The van der Waals surface area contributed by atoms with E-state index in [1.807, 2.05) is 0 Å². The average Bonchev–Trinajstić information content (AvgIpc) is 0. The summed E-state index contributed by atoms with van der Waals surface area (Å²) in [5, 5.41) is 0. The first-order valence-electron chi connectivity index (χ1n) is 0. The summed E-state index contributed by atoms with van der Waals surface area (Å²) in [5.41, 5.74) is 0. The Kier molecular flexibility index (Phi) is 93.7. The van der Waals surface area contributed by atoms with Crippen molar-refractivity contribution in [2.24, 2.45) is 0 Å². The molecular weight excluding hydrogens is 296 g/mol. The van der Waals surface area contributed by atoms with Gasteiger partial charge in [-0.3, -0.25) is 0 Å². The maximum absolute atomic E-state index is 0. The third-order valence-corrected chi connectivity index (χ3v) is 0. The fourth-order valence-corrected chi connectivity index (χ4v) is 0. The zero-order valence-corrected chi connectivity index (χ0v) is 14.4. The quantitative estimate of drug-likeness (QED) is 0.476. The molecule has 0 aromatic carbocycles. The average molecular weight is 296 g/mol. The Bertz CT molecular complexity index is 8.00. The smallest absolute Gasteiger partial charge is 0 e. The second-order valence-corrected chi connectivity index (χ2v) is 0. The van der Waals surface area contributed by atoms with Crippen LogP contribution in [0.15, 0.2) is 0 Å². The molecule has 0 heterocycles. The van der Waals surface area contributed by atoms with Gasteiger partial charge in [0.25, 0.3) is 0 Å². The van der Waals surface area contributed by atoms with Gasteiger partial charge in [-0.1, -0.05) is 0 Å². The summed E-state index contributed by atoms with van der Waals surface area (Å²) in [5.74, 6) is 0. The van der Waals surface area contributed by atoms with Crippen molar-refractivity contribution in [3.05, 3.63) is 0 Å². The van der Waals surface area contributed by atoms with Crippen LogP contribution in [0, 0.1) is 0 Å². The molecule has 0 bridgehead atoms. The van der Waals surface area contributed by atoms with Crippen LogP contribution in [0.3, 0.4) is 0 Å². The first-order chi connectivity index (χ1) is 0. The molecule has 0 aliphatic rings. The minimum Gasteiger partial charge on any atom is 0 e. The molecule has 0 N–H and O–H groups in total. The van der Waals surface area contributed by atoms with Crippen LogP contribution in [0.4, 0.5) is 0 Å². The van der Waals surface area contributed by atoms with E-state index in [0.29, 0.717) is 0 Å². The molecule has 0 atom stereocenters. The third kappa shape index (κ3) is 9.57. The first-order valence-corrected chi connectivity index (χ1v) is 0. The Labute approximate surface area is 127 Å². The monoisotopic (exact) mass is 297 g/mol. The predicted octanol–water partition coefficient (Wildman–Crippen LogP) is -1.52. The molecule has 9 radical (unpaired) electrons. The van der Waals surface area contributed by atoms with Gasteiger partial charge in [0.2, 0.25) is 0 Å². The number of hydrogen-bond donors (Lipinski definition) is 0. The zero-order chi connectivity index (χ0) is 0. The summed E-state index contributed by atoms with van der Waals surface area (Å²) in [6, 6.07) is 0. The molecule has 0 aliphatic carbocycles. The van der Waals surface area contributed by atoms with Gasteiger partial charge >= 0.3 is 0 Å². The summed E-state index contributed by atoms with van der Waals surface area (Å²) in [7, 11) is 0. The molecule has 0 spiro atoms. The molecule has 0 unspecified atom stereocenters. The van der Waals surface area contributed by atoms with E-state index in [1.165, 1.54) is 0 Å². The van der Waals surface area contributed by atoms with E-state index in [2.05, 4.69) is 0 Å². The van der Waals surface area contributed by atoms with Crippen molar-refractivity contribution in [3.8, 4) is 0 Å². The molecule has 0 saturated carbocycles. The Balaban J connectivity index is 0. The first kappa shape index (κ1) is 23.9. The molecule has 0 aromatic heterocycles. The van der Waals surface area contributed by atoms with Gasteiger partial charge in [-0.25, -0.2) is 0 Å². The van der Waals surface area contributed by atoms with Gasteiger partial charge in [0.05, 0.1) is 0 Å². The zero-order valence-electron chi connectivity index (χ0n) is 3.08. The largest absolute Gasteiger partial charge is 0 e. The predicted molar refractivity (Wildman–Crippen MR) is 23.0 cm³/mol. The second-order valence-electron chi connectivity index (χ2n) is 0. The van der Waals surface area contributed by atoms with Crippen LogP contribution in [-0.4, -0.2) is 131 Å². The summed E-state index contributed by atoms with van der Waals surface area (Å²) in [4.78, 5) is 0. The van der Waals surface area contributed by atoms with E-state index in [4.69, 9.17) is 0 Å². The fourth-order valence-electron chi connectivity index (χ4n) is 0. The van der Waals surface area contributed by atoms with Gasteiger partial charge in [0.15, 0.2) is 0 Å². The molecule has 0 aromatic rings. The van der Waals surface area contributed by atoms with Crippen molar-refractivity contribution >= 4 is 131 Å². The topological polar surface area (TPSA) is 0 Å². The van der Waals surface area contributed by atoms with Crippen LogP contribution in [-0.2, 0) is 0 Å². The van der Waals surface area contributed by atoms with Gasteiger partial charge in [0.1, 0.15) is 0 Å². The maximum atomic E-state index is 0. The molecule has 4 heteroatoms. The van der Waals surface area contributed by atoms with Crippen molar-refractivity contribution in [3.63, 3.8) is 0 Å². The maximum Gasteiger partial charge on any atom is 0 e. The molecule has 0 rings (SSSR count). The van der Waals surface area contributed by atoms with E-state index in [-0.39, 0.29) is 131 Å². The molecule has 4 heavy (non-hydrogen) atoms. The van der Waals surface area contributed by atoms with Crippen LogP contribution in [0.5, 0.6) is 0 Å². The molecule has 0 nitrogen and oxygen atoms in total. The normalized spacial score (nSPS) is 0.